The average molecular weight is 271 g/mol. The Hall–Kier alpha value is -1.60. The maximum Gasteiger partial charge on any atom is 0.240 e. The summed E-state index contributed by atoms with van der Waals surface area (Å²) in [4.78, 5) is 10.8. The van der Waals surface area contributed by atoms with Crippen molar-refractivity contribution < 1.29 is 13.2 Å². The maximum atomic E-state index is 12.0. The second-order valence-corrected chi connectivity index (χ2v) is 5.64. The smallest absolute Gasteiger partial charge is 0.240 e. The van der Waals surface area contributed by atoms with E-state index in [2.05, 4.69) is 10.0 Å². The van der Waals surface area contributed by atoms with E-state index in [1.54, 1.807) is 19.1 Å². The van der Waals surface area contributed by atoms with Gasteiger partial charge in [-0.25, -0.2) is 13.1 Å². The number of rotatable bonds is 5. The van der Waals surface area contributed by atoms with Crippen LogP contribution in [0.25, 0.3) is 0 Å². The highest BCUT2D eigenvalue weighted by Crippen LogP contribution is 2.17. The lowest BCUT2D eigenvalue weighted by molar-refractivity contribution is -0.118. The number of carbonyl (C=O) groups excluding carboxylic acids is 1. The number of benzene rings is 1. The number of sulfonamides is 1. The minimum atomic E-state index is -3.59. The normalized spacial score (nSPS) is 11.2. The first-order chi connectivity index (χ1) is 8.33. The number of carbonyl (C=O) groups is 1. The second-order valence-electron chi connectivity index (χ2n) is 3.91. The van der Waals surface area contributed by atoms with Crippen molar-refractivity contribution in [3.8, 4) is 0 Å². The van der Waals surface area contributed by atoms with Gasteiger partial charge in [0.05, 0.1) is 4.90 Å². The summed E-state index contributed by atoms with van der Waals surface area (Å²) in [6, 6.07) is 4.71. The molecule has 0 atom stereocenters. The van der Waals surface area contributed by atoms with Crippen LogP contribution in [0.3, 0.4) is 0 Å². The summed E-state index contributed by atoms with van der Waals surface area (Å²) in [5.41, 5.74) is 6.58. The lowest BCUT2D eigenvalue weighted by atomic mass is 10.2. The van der Waals surface area contributed by atoms with Crippen molar-refractivity contribution in [3.05, 3.63) is 23.8 Å². The van der Waals surface area contributed by atoms with E-state index in [0.29, 0.717) is 11.3 Å². The molecule has 0 bridgehead atoms. The molecule has 0 aliphatic carbocycles. The molecular weight excluding hydrogens is 254 g/mol. The molecule has 18 heavy (non-hydrogen) atoms. The molecule has 1 aromatic carbocycles. The molecule has 100 valence electrons. The van der Waals surface area contributed by atoms with Crippen LogP contribution in [0.5, 0.6) is 0 Å². The Morgan fingerprint density at radius 2 is 2.00 bits per heavy atom. The predicted molar refractivity (Wildman–Crippen MR) is 69.5 cm³/mol. The van der Waals surface area contributed by atoms with Crippen molar-refractivity contribution in [3.63, 3.8) is 0 Å². The molecule has 0 unspecified atom stereocenters. The van der Waals surface area contributed by atoms with Crippen molar-refractivity contribution in [1.29, 1.82) is 0 Å². The number of nitrogen functional groups attached to an aromatic ring is 1. The summed E-state index contributed by atoms with van der Waals surface area (Å²) < 4.78 is 26.3. The highest BCUT2D eigenvalue weighted by atomic mass is 32.2. The Bertz CT molecular complexity index is 540. The van der Waals surface area contributed by atoms with Gasteiger partial charge in [-0.3, -0.25) is 4.79 Å². The van der Waals surface area contributed by atoms with Crippen LogP contribution in [0, 0.1) is 6.92 Å². The van der Waals surface area contributed by atoms with Gasteiger partial charge in [0.25, 0.3) is 0 Å². The number of nitrogens with two attached hydrogens (primary N) is 1. The van der Waals surface area contributed by atoms with Gasteiger partial charge in [-0.15, -0.1) is 0 Å². The van der Waals surface area contributed by atoms with Gasteiger partial charge < -0.3 is 11.1 Å². The van der Waals surface area contributed by atoms with Gasteiger partial charge in [-0.1, -0.05) is 6.07 Å². The Balaban J connectivity index is 2.74. The number of aryl methyl sites for hydroxylation is 1. The van der Waals surface area contributed by atoms with Crippen LogP contribution in [0.2, 0.25) is 0 Å². The SMILES string of the molecule is CC(=O)NCCNS(=O)(=O)c1cc(N)ccc1C. The fourth-order valence-electron chi connectivity index (χ4n) is 1.41. The molecule has 1 aromatic rings. The molecule has 0 saturated carbocycles. The third-order valence-electron chi connectivity index (χ3n) is 2.29. The Kier molecular flexibility index (Phi) is 4.69. The van der Waals surface area contributed by atoms with E-state index in [1.165, 1.54) is 13.0 Å². The number of hydrogen-bond acceptors (Lipinski definition) is 4. The van der Waals surface area contributed by atoms with Gasteiger partial charge in [-0.2, -0.15) is 0 Å². The van der Waals surface area contributed by atoms with E-state index in [1.807, 2.05) is 0 Å². The van der Waals surface area contributed by atoms with Gasteiger partial charge in [0, 0.05) is 25.7 Å². The summed E-state index contributed by atoms with van der Waals surface area (Å²) >= 11 is 0. The van der Waals surface area contributed by atoms with Crippen molar-refractivity contribution >= 4 is 21.6 Å². The van der Waals surface area contributed by atoms with E-state index in [9.17, 15) is 13.2 Å². The van der Waals surface area contributed by atoms with Crippen molar-refractivity contribution in [2.45, 2.75) is 18.7 Å². The molecule has 1 rings (SSSR count). The van der Waals surface area contributed by atoms with E-state index >= 15 is 0 Å². The predicted octanol–water partition coefficient (Wildman–Crippen LogP) is -0.00838. The van der Waals surface area contributed by atoms with E-state index in [-0.39, 0.29) is 23.9 Å². The summed E-state index contributed by atoms with van der Waals surface area (Å²) in [5.74, 6) is -0.200. The Morgan fingerprint density at radius 1 is 1.33 bits per heavy atom. The van der Waals surface area contributed by atoms with Gasteiger partial charge >= 0.3 is 0 Å². The summed E-state index contributed by atoms with van der Waals surface area (Å²) in [6.07, 6.45) is 0. The number of nitrogens with one attached hydrogen (secondary N) is 2. The lowest BCUT2D eigenvalue weighted by Crippen LogP contribution is -2.33. The largest absolute Gasteiger partial charge is 0.399 e. The topological polar surface area (TPSA) is 101 Å². The molecule has 0 heterocycles. The first-order valence-electron chi connectivity index (χ1n) is 5.43. The van der Waals surface area contributed by atoms with E-state index < -0.39 is 10.0 Å². The molecule has 1 amide bonds. The lowest BCUT2D eigenvalue weighted by Gasteiger charge is -2.10. The number of hydrogen-bond donors (Lipinski definition) is 3. The van der Waals surface area contributed by atoms with Crippen LogP contribution in [0.1, 0.15) is 12.5 Å². The van der Waals surface area contributed by atoms with Crippen LogP contribution in [0.15, 0.2) is 23.1 Å². The second kappa shape index (κ2) is 5.83. The highest BCUT2D eigenvalue weighted by molar-refractivity contribution is 7.89. The monoisotopic (exact) mass is 271 g/mol. The van der Waals surface area contributed by atoms with Crippen molar-refractivity contribution in [1.82, 2.24) is 10.0 Å². The molecule has 0 aliphatic heterocycles. The fraction of sp³-hybridized carbons (Fsp3) is 0.364. The average Bonchev–Trinajstić information content (AvgIpc) is 2.27. The third-order valence-corrected chi connectivity index (χ3v) is 3.90. The molecule has 0 saturated heterocycles. The van der Waals surface area contributed by atoms with E-state index in [4.69, 9.17) is 5.73 Å². The van der Waals surface area contributed by atoms with Gasteiger partial charge in [0.15, 0.2) is 0 Å². The Morgan fingerprint density at radius 3 is 2.61 bits per heavy atom. The first-order valence-corrected chi connectivity index (χ1v) is 6.91. The summed E-state index contributed by atoms with van der Waals surface area (Å²) in [5, 5.41) is 2.50. The molecule has 4 N–H and O–H groups in total. The molecule has 0 aromatic heterocycles. The van der Waals surface area contributed by atoms with Crippen LogP contribution >= 0.6 is 0 Å². The molecular formula is C11H17N3O3S. The van der Waals surface area contributed by atoms with E-state index in [0.717, 1.165) is 0 Å². The standard InChI is InChI=1S/C11H17N3O3S/c1-8-3-4-10(12)7-11(8)18(16,17)14-6-5-13-9(2)15/h3-4,7,14H,5-6,12H2,1-2H3,(H,13,15). The zero-order valence-corrected chi connectivity index (χ0v) is 11.2. The maximum absolute atomic E-state index is 12.0. The van der Waals surface area contributed by atoms with Crippen LogP contribution < -0.4 is 15.8 Å². The number of amides is 1. The fourth-order valence-corrected chi connectivity index (χ4v) is 2.72. The first kappa shape index (κ1) is 14.5. The summed E-state index contributed by atoms with van der Waals surface area (Å²) in [7, 11) is -3.59. The molecule has 7 heteroatoms. The molecule has 0 spiro atoms. The molecule has 0 aliphatic rings. The van der Waals surface area contributed by atoms with Gasteiger partial charge in [0.1, 0.15) is 0 Å². The Labute approximate surface area is 107 Å². The summed E-state index contributed by atoms with van der Waals surface area (Å²) in [6.45, 7) is 3.45. The van der Waals surface area contributed by atoms with Crippen LogP contribution in [0.4, 0.5) is 5.69 Å². The molecule has 6 nitrogen and oxygen atoms in total. The third kappa shape index (κ3) is 4.01. The quantitative estimate of drug-likeness (QED) is 0.518. The molecule has 0 radical (unpaired) electrons. The van der Waals surface area contributed by atoms with Crippen molar-refractivity contribution in [2.75, 3.05) is 18.8 Å². The number of anilines is 1. The minimum Gasteiger partial charge on any atom is -0.399 e. The van der Waals surface area contributed by atoms with Gasteiger partial charge in [0.2, 0.25) is 15.9 Å². The highest BCUT2D eigenvalue weighted by Gasteiger charge is 2.16. The van der Waals surface area contributed by atoms with Crippen molar-refractivity contribution in [2.24, 2.45) is 0 Å². The van der Waals surface area contributed by atoms with Crippen LogP contribution in [-0.4, -0.2) is 27.4 Å². The van der Waals surface area contributed by atoms with Crippen LogP contribution in [-0.2, 0) is 14.8 Å². The van der Waals surface area contributed by atoms with Gasteiger partial charge in [-0.05, 0) is 24.6 Å². The molecule has 0 fully saturated rings. The zero-order valence-electron chi connectivity index (χ0n) is 10.4. The zero-order chi connectivity index (χ0) is 13.8. The minimum absolute atomic E-state index is 0.135.